The van der Waals surface area contributed by atoms with Crippen LogP contribution < -0.4 is 14.8 Å². The first-order valence-corrected chi connectivity index (χ1v) is 19.9. The van der Waals surface area contributed by atoms with Crippen LogP contribution in [0.5, 0.6) is 5.75 Å². The Morgan fingerprint density at radius 1 is 0.912 bits per heavy atom. The monoisotopic (exact) mass is 839 g/mol. The van der Waals surface area contributed by atoms with Gasteiger partial charge < -0.3 is 15.0 Å². The predicted octanol–water partition coefficient (Wildman–Crippen LogP) is 9.19. The third kappa shape index (κ3) is 8.83. The van der Waals surface area contributed by atoms with E-state index in [2.05, 4.69) is 20.1 Å². The number of aromatic nitrogens is 3. The van der Waals surface area contributed by atoms with Crippen LogP contribution in [0.25, 0.3) is 22.0 Å². The van der Waals surface area contributed by atoms with E-state index in [0.717, 1.165) is 40.6 Å². The van der Waals surface area contributed by atoms with Gasteiger partial charge >= 0.3 is 6.18 Å². The van der Waals surface area contributed by atoms with Gasteiger partial charge in [-0.25, -0.2) is 13.1 Å². The molecule has 0 spiro atoms. The second-order valence-electron chi connectivity index (χ2n) is 13.7. The number of nitrogens with one attached hydrogen (secondary N) is 3. The Morgan fingerprint density at radius 3 is 2.28 bits per heavy atom. The normalized spacial score (nSPS) is 11.9. The molecule has 0 fully saturated rings. The Balaban J connectivity index is 1.27. The maximum absolute atomic E-state index is 14.1. The fourth-order valence-corrected chi connectivity index (χ4v) is 8.12. The van der Waals surface area contributed by atoms with Crippen LogP contribution in [0.2, 0.25) is 10.0 Å². The maximum Gasteiger partial charge on any atom is 0.416 e. The zero-order chi connectivity index (χ0) is 41.4. The first-order valence-electron chi connectivity index (χ1n) is 17.7. The first-order chi connectivity index (χ1) is 26.9. The van der Waals surface area contributed by atoms with Crippen molar-refractivity contribution in [2.24, 2.45) is 7.05 Å². The summed E-state index contributed by atoms with van der Waals surface area (Å²) in [7, 11) is -2.67. The van der Waals surface area contributed by atoms with Gasteiger partial charge in [-0.3, -0.25) is 14.3 Å². The zero-order valence-corrected chi connectivity index (χ0v) is 33.8. The average Bonchev–Trinajstić information content (AvgIpc) is 3.65. The van der Waals surface area contributed by atoms with Crippen LogP contribution in [0.1, 0.15) is 66.5 Å². The Hall–Kier alpha value is -5.31. The number of aryl methyl sites for hydroxylation is 5. The molecule has 10 nitrogen and oxygen atoms in total. The van der Waals surface area contributed by atoms with Crippen molar-refractivity contribution < 1.29 is 35.9 Å². The molecule has 16 heteroatoms. The third-order valence-electron chi connectivity index (χ3n) is 9.61. The molecule has 0 saturated carbocycles. The smallest absolute Gasteiger partial charge is 0.416 e. The van der Waals surface area contributed by atoms with Crippen LogP contribution in [0.4, 0.5) is 13.2 Å². The number of H-pyrrole nitrogens is 1. The number of carbonyl (C=O) groups excluding carboxylic acids is 2. The van der Waals surface area contributed by atoms with E-state index in [9.17, 15) is 31.2 Å². The number of aromatic amines is 1. The number of ether oxygens (including phenoxy) is 1. The molecule has 0 aliphatic heterocycles. The molecule has 2 aromatic heterocycles. The minimum Gasteiger partial charge on any atom is -0.494 e. The molecular weight excluding hydrogens is 802 g/mol. The summed E-state index contributed by atoms with van der Waals surface area (Å²) in [6, 6.07) is 16.7. The summed E-state index contributed by atoms with van der Waals surface area (Å²) in [5.41, 5.74) is 4.90. The van der Waals surface area contributed by atoms with Gasteiger partial charge in [-0.05, 0) is 111 Å². The van der Waals surface area contributed by atoms with Crippen LogP contribution >= 0.6 is 23.2 Å². The number of sulfonamides is 1. The molecule has 298 valence electrons. The van der Waals surface area contributed by atoms with Gasteiger partial charge in [0.05, 0.1) is 33.3 Å². The summed E-state index contributed by atoms with van der Waals surface area (Å²) in [5.74, 6) is -1.06. The van der Waals surface area contributed by atoms with E-state index in [1.165, 1.54) is 30.3 Å². The summed E-state index contributed by atoms with van der Waals surface area (Å²) < 4.78 is 76.9. The number of hydrogen-bond acceptors (Lipinski definition) is 6. The van der Waals surface area contributed by atoms with Crippen molar-refractivity contribution in [2.75, 3.05) is 6.61 Å². The predicted molar refractivity (Wildman–Crippen MR) is 213 cm³/mol. The highest BCUT2D eigenvalue weighted by molar-refractivity contribution is 7.90. The molecule has 3 N–H and O–H groups in total. The number of alkyl halides is 3. The van der Waals surface area contributed by atoms with Crippen molar-refractivity contribution in [1.82, 2.24) is 24.8 Å². The van der Waals surface area contributed by atoms with Gasteiger partial charge in [0.15, 0.2) is 0 Å². The summed E-state index contributed by atoms with van der Waals surface area (Å²) >= 11 is 13.1. The van der Waals surface area contributed by atoms with Crippen molar-refractivity contribution >= 4 is 55.9 Å². The lowest BCUT2D eigenvalue weighted by Crippen LogP contribution is -2.31. The van der Waals surface area contributed by atoms with Gasteiger partial charge in [0.25, 0.3) is 21.8 Å². The Labute approximate surface area is 337 Å². The number of rotatable bonds is 12. The molecule has 57 heavy (non-hydrogen) atoms. The van der Waals surface area contributed by atoms with Gasteiger partial charge in [0.2, 0.25) is 0 Å². The van der Waals surface area contributed by atoms with E-state index in [0.29, 0.717) is 61.9 Å². The molecule has 0 bridgehead atoms. The summed E-state index contributed by atoms with van der Waals surface area (Å²) in [6.45, 7) is 7.61. The van der Waals surface area contributed by atoms with Crippen molar-refractivity contribution in [3.8, 4) is 16.9 Å². The first kappa shape index (κ1) is 41.3. The molecule has 6 aromatic rings. The lowest BCUT2D eigenvalue weighted by molar-refractivity contribution is -0.137. The number of benzene rings is 4. The van der Waals surface area contributed by atoms with Gasteiger partial charge in [0, 0.05) is 46.4 Å². The van der Waals surface area contributed by atoms with Gasteiger partial charge in [-0.1, -0.05) is 47.5 Å². The highest BCUT2D eigenvalue weighted by Crippen LogP contribution is 2.40. The van der Waals surface area contributed by atoms with Crippen molar-refractivity contribution in [1.29, 1.82) is 0 Å². The molecule has 4 aromatic carbocycles. The number of hydrogen-bond donors (Lipinski definition) is 3. The van der Waals surface area contributed by atoms with Crippen LogP contribution in [0.3, 0.4) is 0 Å². The molecule has 2 amide bonds. The van der Waals surface area contributed by atoms with E-state index in [-0.39, 0.29) is 29.3 Å². The lowest BCUT2D eigenvalue weighted by Gasteiger charge is -2.12. The summed E-state index contributed by atoms with van der Waals surface area (Å²) in [5, 5.41) is 8.78. The van der Waals surface area contributed by atoms with Crippen molar-refractivity contribution in [3.63, 3.8) is 0 Å². The molecule has 2 heterocycles. The van der Waals surface area contributed by atoms with Crippen LogP contribution in [-0.2, 0) is 36.2 Å². The number of amides is 2. The second-order valence-corrected chi connectivity index (χ2v) is 16.1. The van der Waals surface area contributed by atoms with Gasteiger partial charge in [-0.2, -0.15) is 18.3 Å². The molecule has 0 aliphatic rings. The highest BCUT2D eigenvalue weighted by Gasteiger charge is 2.31. The highest BCUT2D eigenvalue weighted by atomic mass is 35.5. The number of carbonyl (C=O) groups is 2. The standard InChI is InChI=1S/C41H38Cl2F3N5O5S/c1-22-17-29(18-23(2)36(22)43)56-16-8-13-31-32-14-15-33(42)35(34-24(3)49-51(5)25(34)4)37(32)48-38(31)40(53)50-57(54,55)30-12-6-9-26(19-30)21-47-39(52)27-10-7-11-28(20-27)41(44,45)46/h6-7,9-12,14-15,17-20,48H,8,13,16,21H2,1-5H3,(H,47,52)(H,50,53). The molecule has 0 radical (unpaired) electrons. The third-order valence-corrected chi connectivity index (χ3v) is 11.8. The minimum absolute atomic E-state index is 0.0129. The van der Waals surface area contributed by atoms with Crippen molar-refractivity contribution in [3.05, 3.63) is 133 Å². The Morgan fingerprint density at radius 2 is 1.61 bits per heavy atom. The topological polar surface area (TPSA) is 135 Å². The van der Waals surface area contributed by atoms with E-state index in [1.807, 2.05) is 46.9 Å². The molecule has 0 unspecified atom stereocenters. The van der Waals surface area contributed by atoms with Crippen LogP contribution in [-0.4, -0.2) is 41.6 Å². The van der Waals surface area contributed by atoms with E-state index < -0.39 is 33.6 Å². The number of fused-ring (bicyclic) bond motifs is 1. The second kappa shape index (κ2) is 16.3. The molecule has 0 atom stereocenters. The Kier molecular flexibility index (Phi) is 11.8. The lowest BCUT2D eigenvalue weighted by atomic mass is 9.98. The summed E-state index contributed by atoms with van der Waals surface area (Å²) in [6.07, 6.45) is -3.85. The maximum atomic E-state index is 14.1. The van der Waals surface area contributed by atoms with E-state index in [1.54, 1.807) is 16.8 Å². The fraction of sp³-hybridized carbons (Fsp3) is 0.244. The van der Waals surface area contributed by atoms with Crippen LogP contribution in [0.15, 0.2) is 77.7 Å². The molecule has 0 saturated heterocycles. The SMILES string of the molecule is Cc1cc(OCCCc2c(C(=O)NS(=O)(=O)c3cccc(CNC(=O)c4cccc(C(F)(F)F)c4)c3)[nH]c3c(-c4c(C)nn(C)c4C)c(Cl)ccc23)cc(C)c1Cl. The van der Waals surface area contributed by atoms with E-state index in [4.69, 9.17) is 27.9 Å². The van der Waals surface area contributed by atoms with E-state index >= 15 is 0 Å². The summed E-state index contributed by atoms with van der Waals surface area (Å²) in [4.78, 5) is 29.7. The molecular formula is C41H38Cl2F3N5O5S. The number of halogens is 5. The molecule has 0 aliphatic carbocycles. The van der Waals surface area contributed by atoms with Crippen LogP contribution in [0, 0.1) is 27.7 Å². The Bertz CT molecular complexity index is 2630. The molecule has 6 rings (SSSR count). The van der Waals surface area contributed by atoms with Gasteiger partial charge in [-0.15, -0.1) is 0 Å². The number of nitrogens with zero attached hydrogens (tertiary/aromatic N) is 2. The largest absolute Gasteiger partial charge is 0.494 e. The average molecular weight is 841 g/mol. The quantitative estimate of drug-likeness (QED) is 0.105. The fourth-order valence-electron chi connectivity index (χ4n) is 6.73. The zero-order valence-electron chi connectivity index (χ0n) is 31.5. The van der Waals surface area contributed by atoms with Gasteiger partial charge in [0.1, 0.15) is 11.4 Å². The van der Waals surface area contributed by atoms with Crippen molar-refractivity contribution in [2.45, 2.75) is 58.2 Å². The minimum atomic E-state index is -4.63.